The maximum atomic E-state index is 13.2. The highest BCUT2D eigenvalue weighted by atomic mass is 35.5. The number of hydrogen-bond donors (Lipinski definition) is 1. The smallest absolute Gasteiger partial charge is 0.295 e. The third-order valence-electron chi connectivity index (χ3n) is 6.89. The summed E-state index contributed by atoms with van der Waals surface area (Å²) in [5.41, 5.74) is 2.62. The van der Waals surface area contributed by atoms with Crippen LogP contribution in [0.1, 0.15) is 75.6 Å². The van der Waals surface area contributed by atoms with E-state index in [1.165, 1.54) is 5.56 Å². The zero-order valence-electron chi connectivity index (χ0n) is 21.8. The Morgan fingerprint density at radius 1 is 0.889 bits per heavy atom. The molecule has 1 aliphatic heterocycles. The molecule has 1 saturated heterocycles. The molecule has 0 aromatic heterocycles. The van der Waals surface area contributed by atoms with Crippen molar-refractivity contribution >= 4 is 29.1 Å². The number of benzene rings is 2. The molecule has 2 aromatic carbocycles. The molecule has 1 unspecified atom stereocenters. The summed E-state index contributed by atoms with van der Waals surface area (Å²) in [6.07, 6.45) is 6.27. The quantitative estimate of drug-likeness (QED) is 0.187. The predicted molar refractivity (Wildman–Crippen MR) is 147 cm³/mol. The highest BCUT2D eigenvalue weighted by molar-refractivity contribution is 6.46. The van der Waals surface area contributed by atoms with Gasteiger partial charge >= 0.3 is 0 Å². The molecule has 1 aliphatic rings. The number of aliphatic hydroxyl groups is 1. The zero-order chi connectivity index (χ0) is 26.1. The van der Waals surface area contributed by atoms with Crippen molar-refractivity contribution in [2.24, 2.45) is 0 Å². The standard InChI is InChI=1S/C30H39ClN2O3/c1-4-7-18-32(19-8-5-2)20-9-21-33-27(23-12-10-22(6-3)11-13-23)26(29(35)30(33)36)28(34)24-14-16-25(31)17-15-24/h10-17,27,34H,4-9,18-21H2,1-3H3/b28-26-. The average molecular weight is 511 g/mol. The molecular formula is C30H39ClN2O3. The van der Waals surface area contributed by atoms with Gasteiger partial charge < -0.3 is 14.9 Å². The van der Waals surface area contributed by atoms with E-state index in [1.807, 2.05) is 24.3 Å². The van der Waals surface area contributed by atoms with Crippen LogP contribution in [0, 0.1) is 0 Å². The van der Waals surface area contributed by atoms with E-state index in [2.05, 4.69) is 25.7 Å². The second kappa shape index (κ2) is 13.6. The van der Waals surface area contributed by atoms with Crippen LogP contribution in [-0.4, -0.2) is 52.8 Å². The first-order chi connectivity index (χ1) is 17.4. The van der Waals surface area contributed by atoms with Crippen LogP contribution in [0.4, 0.5) is 0 Å². The van der Waals surface area contributed by atoms with Gasteiger partial charge in [0.2, 0.25) is 0 Å². The van der Waals surface area contributed by atoms with Crippen molar-refractivity contribution in [2.75, 3.05) is 26.2 Å². The third kappa shape index (κ3) is 6.77. The number of hydrogen-bond acceptors (Lipinski definition) is 4. The van der Waals surface area contributed by atoms with Gasteiger partial charge in [-0.15, -0.1) is 0 Å². The van der Waals surface area contributed by atoms with Crippen LogP contribution in [0.5, 0.6) is 0 Å². The molecule has 194 valence electrons. The Hall–Kier alpha value is -2.63. The first-order valence-electron chi connectivity index (χ1n) is 13.3. The second-order valence-electron chi connectivity index (χ2n) is 9.50. The molecule has 0 radical (unpaired) electrons. The van der Waals surface area contributed by atoms with E-state index in [1.54, 1.807) is 29.2 Å². The number of rotatable bonds is 13. The number of aliphatic hydroxyl groups excluding tert-OH is 1. The molecule has 1 atom stereocenters. The number of likely N-dealkylation sites (tertiary alicyclic amines) is 1. The summed E-state index contributed by atoms with van der Waals surface area (Å²) in [7, 11) is 0. The van der Waals surface area contributed by atoms with Gasteiger partial charge in [0.1, 0.15) is 5.76 Å². The number of ketones is 1. The summed E-state index contributed by atoms with van der Waals surface area (Å²) in [6.45, 7) is 9.91. The number of nitrogens with zero attached hydrogens (tertiary/aromatic N) is 2. The fourth-order valence-electron chi connectivity index (χ4n) is 4.72. The van der Waals surface area contributed by atoms with Gasteiger partial charge in [0.15, 0.2) is 0 Å². The minimum atomic E-state index is -0.638. The van der Waals surface area contributed by atoms with Crippen LogP contribution in [-0.2, 0) is 16.0 Å². The lowest BCUT2D eigenvalue weighted by atomic mass is 9.94. The highest BCUT2D eigenvalue weighted by Gasteiger charge is 2.45. The molecule has 36 heavy (non-hydrogen) atoms. The second-order valence-corrected chi connectivity index (χ2v) is 9.93. The summed E-state index contributed by atoms with van der Waals surface area (Å²) in [6, 6.07) is 14.0. The fourth-order valence-corrected chi connectivity index (χ4v) is 4.85. The van der Waals surface area contributed by atoms with Gasteiger partial charge in [-0.2, -0.15) is 0 Å². The molecule has 1 N–H and O–H groups in total. The van der Waals surface area contributed by atoms with Crippen LogP contribution >= 0.6 is 11.6 Å². The topological polar surface area (TPSA) is 60.9 Å². The Labute approximate surface area is 220 Å². The van der Waals surface area contributed by atoms with Gasteiger partial charge in [-0.3, -0.25) is 9.59 Å². The Balaban J connectivity index is 1.91. The molecular weight excluding hydrogens is 472 g/mol. The van der Waals surface area contributed by atoms with Crippen molar-refractivity contribution in [1.29, 1.82) is 0 Å². The van der Waals surface area contributed by atoms with E-state index in [0.29, 0.717) is 17.1 Å². The van der Waals surface area contributed by atoms with E-state index in [0.717, 1.165) is 63.7 Å². The summed E-state index contributed by atoms with van der Waals surface area (Å²) in [5, 5.41) is 11.7. The van der Waals surface area contributed by atoms with Crippen molar-refractivity contribution in [3.63, 3.8) is 0 Å². The van der Waals surface area contributed by atoms with Crippen molar-refractivity contribution in [3.8, 4) is 0 Å². The molecule has 2 aromatic rings. The van der Waals surface area contributed by atoms with E-state index in [9.17, 15) is 14.7 Å². The highest BCUT2D eigenvalue weighted by Crippen LogP contribution is 2.39. The first kappa shape index (κ1) is 27.9. The van der Waals surface area contributed by atoms with Crippen LogP contribution in [0.2, 0.25) is 5.02 Å². The van der Waals surface area contributed by atoms with E-state index in [4.69, 9.17) is 11.6 Å². The Bertz CT molecular complexity index is 1040. The SMILES string of the molecule is CCCCN(CCCC)CCCN1C(=O)C(=O)/C(=C(\O)c2ccc(Cl)cc2)C1c1ccc(CC)cc1. The lowest BCUT2D eigenvalue weighted by Gasteiger charge is -2.27. The number of carbonyl (C=O) groups is 2. The predicted octanol–water partition coefficient (Wildman–Crippen LogP) is 6.62. The summed E-state index contributed by atoms with van der Waals surface area (Å²) >= 11 is 6.02. The van der Waals surface area contributed by atoms with Gasteiger partial charge in [0.05, 0.1) is 11.6 Å². The van der Waals surface area contributed by atoms with E-state index in [-0.39, 0.29) is 11.3 Å². The molecule has 0 saturated carbocycles. The largest absolute Gasteiger partial charge is 0.507 e. The third-order valence-corrected chi connectivity index (χ3v) is 7.14. The molecule has 1 heterocycles. The summed E-state index contributed by atoms with van der Waals surface area (Å²) in [5.74, 6) is -1.35. The normalized spacial score (nSPS) is 17.4. The summed E-state index contributed by atoms with van der Waals surface area (Å²) in [4.78, 5) is 30.6. The molecule has 5 nitrogen and oxygen atoms in total. The Morgan fingerprint density at radius 2 is 1.47 bits per heavy atom. The Morgan fingerprint density at radius 3 is 2.03 bits per heavy atom. The number of Topliss-reactive ketones (excluding diaryl/α,β-unsaturated/α-hetero) is 1. The van der Waals surface area contributed by atoms with Crippen LogP contribution < -0.4 is 0 Å². The maximum Gasteiger partial charge on any atom is 0.295 e. The van der Waals surface area contributed by atoms with E-state index >= 15 is 0 Å². The van der Waals surface area contributed by atoms with Crippen molar-refractivity contribution in [3.05, 3.63) is 75.8 Å². The molecule has 1 amide bonds. The average Bonchev–Trinajstić information content (AvgIpc) is 3.15. The lowest BCUT2D eigenvalue weighted by molar-refractivity contribution is -0.140. The fraction of sp³-hybridized carbons (Fsp3) is 0.467. The number of aryl methyl sites for hydroxylation is 1. The molecule has 6 heteroatoms. The van der Waals surface area contributed by atoms with Gasteiger partial charge in [-0.25, -0.2) is 0 Å². The van der Waals surface area contributed by atoms with E-state index < -0.39 is 17.7 Å². The molecule has 0 aliphatic carbocycles. The van der Waals surface area contributed by atoms with Gasteiger partial charge in [-0.05, 0) is 80.7 Å². The zero-order valence-corrected chi connectivity index (χ0v) is 22.6. The minimum Gasteiger partial charge on any atom is -0.507 e. The number of halogens is 1. The van der Waals surface area contributed by atoms with Crippen LogP contribution in [0.25, 0.3) is 5.76 Å². The van der Waals surface area contributed by atoms with Crippen molar-refractivity contribution in [1.82, 2.24) is 9.80 Å². The minimum absolute atomic E-state index is 0.139. The van der Waals surface area contributed by atoms with Crippen LogP contribution in [0.15, 0.2) is 54.1 Å². The number of carbonyl (C=O) groups excluding carboxylic acids is 2. The van der Waals surface area contributed by atoms with Crippen molar-refractivity contribution in [2.45, 2.75) is 65.3 Å². The van der Waals surface area contributed by atoms with Gasteiger partial charge in [-0.1, -0.05) is 69.5 Å². The molecule has 3 rings (SSSR count). The Kier molecular flexibility index (Phi) is 10.6. The van der Waals surface area contributed by atoms with Gasteiger partial charge in [0, 0.05) is 17.1 Å². The first-order valence-corrected chi connectivity index (χ1v) is 13.6. The maximum absolute atomic E-state index is 13.2. The molecule has 0 spiro atoms. The van der Waals surface area contributed by atoms with Gasteiger partial charge in [0.25, 0.3) is 11.7 Å². The molecule has 0 bridgehead atoms. The monoisotopic (exact) mass is 510 g/mol. The van der Waals surface area contributed by atoms with Crippen LogP contribution in [0.3, 0.4) is 0 Å². The number of unbranched alkanes of at least 4 members (excludes halogenated alkanes) is 2. The van der Waals surface area contributed by atoms with Crippen molar-refractivity contribution < 1.29 is 14.7 Å². The lowest BCUT2D eigenvalue weighted by Crippen LogP contribution is -2.34. The summed E-state index contributed by atoms with van der Waals surface area (Å²) < 4.78 is 0. The molecule has 1 fully saturated rings. The number of amides is 1.